The Morgan fingerprint density at radius 3 is 2.57 bits per heavy atom. The van der Waals surface area contributed by atoms with Crippen molar-refractivity contribution in [2.24, 2.45) is 0 Å². The number of aryl methyl sites for hydroxylation is 1. The van der Waals surface area contributed by atoms with Gasteiger partial charge in [-0.05, 0) is 31.0 Å². The fourth-order valence-corrected chi connectivity index (χ4v) is 1.26. The third-order valence-electron chi connectivity index (χ3n) is 2.12. The quantitative estimate of drug-likeness (QED) is 0.694. The van der Waals surface area contributed by atoms with Crippen LogP contribution < -0.4 is 4.74 Å². The number of ketones is 1. The van der Waals surface area contributed by atoms with E-state index in [1.54, 1.807) is 6.07 Å². The molecule has 1 aromatic carbocycles. The van der Waals surface area contributed by atoms with Gasteiger partial charge in [0.25, 0.3) is 0 Å². The molecular weight excluding hydrogens is 183 g/mol. The monoisotopic (exact) mass is 196 g/mol. The lowest BCUT2D eigenvalue weighted by atomic mass is 10.0. The highest BCUT2D eigenvalue weighted by Crippen LogP contribution is 2.23. The second kappa shape index (κ2) is 4.22. The maximum absolute atomic E-state index is 13.5. The van der Waals surface area contributed by atoms with E-state index < -0.39 is 0 Å². The number of halogens is 1. The molecule has 1 aromatic rings. The summed E-state index contributed by atoms with van der Waals surface area (Å²) in [6.45, 7) is 3.29. The van der Waals surface area contributed by atoms with Gasteiger partial charge in [-0.1, -0.05) is 6.92 Å². The molecule has 14 heavy (non-hydrogen) atoms. The van der Waals surface area contributed by atoms with Crippen molar-refractivity contribution in [2.75, 3.05) is 7.11 Å². The molecule has 2 nitrogen and oxygen atoms in total. The van der Waals surface area contributed by atoms with Crippen molar-refractivity contribution >= 4 is 5.78 Å². The van der Waals surface area contributed by atoms with Gasteiger partial charge in [0.1, 0.15) is 0 Å². The zero-order chi connectivity index (χ0) is 10.7. The van der Waals surface area contributed by atoms with Gasteiger partial charge in [-0.15, -0.1) is 0 Å². The first-order valence-corrected chi connectivity index (χ1v) is 4.47. The molecule has 0 aliphatic carbocycles. The first-order chi connectivity index (χ1) is 6.60. The number of carbonyl (C=O) groups is 1. The molecule has 0 N–H and O–H groups in total. The van der Waals surface area contributed by atoms with E-state index in [2.05, 4.69) is 0 Å². The number of hydrogen-bond donors (Lipinski definition) is 0. The molecule has 0 aliphatic rings. The van der Waals surface area contributed by atoms with Crippen LogP contribution >= 0.6 is 0 Å². The maximum atomic E-state index is 13.5. The number of Topliss-reactive ketones (excluding diaryl/α,β-unsaturated/α-hetero) is 1. The minimum atomic E-state index is -0.375. The third kappa shape index (κ3) is 1.92. The van der Waals surface area contributed by atoms with Crippen LogP contribution in [0.5, 0.6) is 5.75 Å². The van der Waals surface area contributed by atoms with E-state index in [1.165, 1.54) is 20.1 Å². The highest BCUT2D eigenvalue weighted by molar-refractivity contribution is 5.94. The van der Waals surface area contributed by atoms with Gasteiger partial charge in [-0.2, -0.15) is 0 Å². The van der Waals surface area contributed by atoms with Crippen molar-refractivity contribution in [3.8, 4) is 5.75 Å². The molecule has 0 amide bonds. The summed E-state index contributed by atoms with van der Waals surface area (Å²) in [5.74, 6) is -0.326. The molecule has 0 aliphatic heterocycles. The summed E-state index contributed by atoms with van der Waals surface area (Å²) < 4.78 is 18.3. The number of hydrogen-bond acceptors (Lipinski definition) is 2. The largest absolute Gasteiger partial charge is 0.494 e. The topological polar surface area (TPSA) is 26.3 Å². The van der Waals surface area contributed by atoms with Crippen LogP contribution in [0.4, 0.5) is 4.39 Å². The van der Waals surface area contributed by atoms with E-state index in [1.807, 2.05) is 6.92 Å². The second-order valence-electron chi connectivity index (χ2n) is 3.06. The molecule has 0 heterocycles. The molecule has 0 aromatic heterocycles. The summed E-state index contributed by atoms with van der Waals surface area (Å²) in [6, 6.07) is 3.00. The van der Waals surface area contributed by atoms with Crippen molar-refractivity contribution in [1.82, 2.24) is 0 Å². The van der Waals surface area contributed by atoms with Gasteiger partial charge in [0.05, 0.1) is 7.11 Å². The van der Waals surface area contributed by atoms with E-state index in [4.69, 9.17) is 4.74 Å². The van der Waals surface area contributed by atoms with Crippen molar-refractivity contribution in [1.29, 1.82) is 0 Å². The third-order valence-corrected chi connectivity index (χ3v) is 2.12. The molecule has 0 atom stereocenters. The van der Waals surface area contributed by atoms with Crippen molar-refractivity contribution < 1.29 is 13.9 Å². The van der Waals surface area contributed by atoms with Crippen LogP contribution in [0.3, 0.4) is 0 Å². The Bertz CT molecular complexity index is 333. The Kier molecular flexibility index (Phi) is 3.23. The number of methoxy groups -OCH3 is 1. The molecule has 1 rings (SSSR count). The Labute approximate surface area is 82.7 Å². The van der Waals surface area contributed by atoms with E-state index in [0.29, 0.717) is 17.5 Å². The van der Waals surface area contributed by atoms with Gasteiger partial charge in [0, 0.05) is 5.56 Å². The Morgan fingerprint density at radius 2 is 2.14 bits per heavy atom. The Balaban J connectivity index is 3.32. The molecule has 0 spiro atoms. The molecule has 76 valence electrons. The molecule has 0 radical (unpaired) electrons. The zero-order valence-electron chi connectivity index (χ0n) is 8.56. The van der Waals surface area contributed by atoms with Gasteiger partial charge < -0.3 is 4.74 Å². The smallest absolute Gasteiger partial charge is 0.168 e. The minimum Gasteiger partial charge on any atom is -0.494 e. The minimum absolute atomic E-state index is 0.0852. The van der Waals surface area contributed by atoms with E-state index >= 15 is 0 Å². The summed E-state index contributed by atoms with van der Waals surface area (Å²) in [5.41, 5.74) is 0.995. The Hall–Kier alpha value is -1.38. The first-order valence-electron chi connectivity index (χ1n) is 4.47. The van der Waals surface area contributed by atoms with Crippen LogP contribution in [0.1, 0.15) is 29.8 Å². The predicted octanol–water partition coefficient (Wildman–Crippen LogP) is 2.60. The van der Waals surface area contributed by atoms with Crippen LogP contribution in [0.15, 0.2) is 12.1 Å². The lowest BCUT2D eigenvalue weighted by Crippen LogP contribution is -2.00. The lowest BCUT2D eigenvalue weighted by Gasteiger charge is -2.08. The van der Waals surface area contributed by atoms with Crippen molar-refractivity contribution in [2.45, 2.75) is 20.3 Å². The van der Waals surface area contributed by atoms with Crippen molar-refractivity contribution in [3.63, 3.8) is 0 Å². The fourth-order valence-electron chi connectivity index (χ4n) is 1.26. The fraction of sp³-hybridized carbons (Fsp3) is 0.364. The highest BCUT2D eigenvalue weighted by atomic mass is 19.1. The Morgan fingerprint density at radius 1 is 1.50 bits per heavy atom. The van der Waals surface area contributed by atoms with E-state index in [-0.39, 0.29) is 17.3 Å². The van der Waals surface area contributed by atoms with Gasteiger partial charge in [-0.3, -0.25) is 4.79 Å². The summed E-state index contributed by atoms with van der Waals surface area (Å²) in [5, 5.41) is 0. The highest BCUT2D eigenvalue weighted by Gasteiger charge is 2.11. The average Bonchev–Trinajstić information content (AvgIpc) is 2.17. The number of ether oxygens (including phenoxy) is 1. The number of carbonyl (C=O) groups excluding carboxylic acids is 1. The van der Waals surface area contributed by atoms with Crippen LogP contribution in [-0.2, 0) is 6.42 Å². The van der Waals surface area contributed by atoms with E-state index in [9.17, 15) is 9.18 Å². The van der Waals surface area contributed by atoms with Gasteiger partial charge in [-0.25, -0.2) is 4.39 Å². The molecule has 3 heteroatoms. The van der Waals surface area contributed by atoms with Crippen LogP contribution in [0.25, 0.3) is 0 Å². The number of rotatable bonds is 3. The second-order valence-corrected chi connectivity index (χ2v) is 3.06. The summed E-state index contributed by atoms with van der Waals surface area (Å²) in [4.78, 5) is 11.1. The summed E-state index contributed by atoms with van der Waals surface area (Å²) >= 11 is 0. The maximum Gasteiger partial charge on any atom is 0.168 e. The normalized spacial score (nSPS) is 10.0. The molecule has 0 saturated carbocycles. The molecular formula is C11H13FO2. The summed E-state index contributed by atoms with van der Waals surface area (Å²) in [7, 11) is 1.39. The number of benzene rings is 1. The SMILES string of the molecule is CCc1cc(C(C)=O)cc(OC)c1F. The van der Waals surface area contributed by atoms with Crippen molar-refractivity contribution in [3.05, 3.63) is 29.1 Å². The molecule has 0 fully saturated rings. The molecule has 0 unspecified atom stereocenters. The lowest BCUT2D eigenvalue weighted by molar-refractivity contribution is 0.101. The zero-order valence-corrected chi connectivity index (χ0v) is 8.56. The first kappa shape index (κ1) is 10.7. The molecule has 0 saturated heterocycles. The average molecular weight is 196 g/mol. The van der Waals surface area contributed by atoms with Gasteiger partial charge in [0.15, 0.2) is 17.3 Å². The van der Waals surface area contributed by atoms with Gasteiger partial charge in [0.2, 0.25) is 0 Å². The van der Waals surface area contributed by atoms with Crippen LogP contribution in [0.2, 0.25) is 0 Å². The van der Waals surface area contributed by atoms with Crippen LogP contribution in [-0.4, -0.2) is 12.9 Å². The summed E-state index contributed by atoms with van der Waals surface area (Å²) in [6.07, 6.45) is 0.545. The van der Waals surface area contributed by atoms with E-state index in [0.717, 1.165) is 0 Å². The standard InChI is InChI=1S/C11H13FO2/c1-4-8-5-9(7(2)13)6-10(14-3)11(8)12/h5-6H,4H2,1-3H3. The molecule has 0 bridgehead atoms. The van der Waals surface area contributed by atoms with Crippen LogP contribution in [0, 0.1) is 5.82 Å². The predicted molar refractivity (Wildman–Crippen MR) is 52.3 cm³/mol. The van der Waals surface area contributed by atoms with Gasteiger partial charge >= 0.3 is 0 Å².